The smallest absolute Gasteiger partial charge is 0.410 e. The molecule has 1 saturated heterocycles. The Morgan fingerprint density at radius 3 is 2.69 bits per heavy atom. The van der Waals surface area contributed by atoms with Gasteiger partial charge >= 0.3 is 6.09 Å². The minimum Gasteiger partial charge on any atom is -0.444 e. The summed E-state index contributed by atoms with van der Waals surface area (Å²) in [5.41, 5.74) is -0.517. The van der Waals surface area contributed by atoms with Crippen molar-refractivity contribution in [2.24, 2.45) is 0 Å². The van der Waals surface area contributed by atoms with E-state index >= 15 is 0 Å². The summed E-state index contributed by atoms with van der Waals surface area (Å²) in [5.74, 6) is 0. The molecule has 5 nitrogen and oxygen atoms in total. The second-order valence-corrected chi connectivity index (χ2v) is 4.93. The first kappa shape index (κ1) is 12.8. The van der Waals surface area contributed by atoms with E-state index in [9.17, 15) is 4.79 Å². The number of carbonyl (C=O) groups is 1. The number of morpholine rings is 1. The maximum absolute atomic E-state index is 11.8. The Balaban J connectivity index is 2.63. The van der Waals surface area contributed by atoms with Crippen LogP contribution < -0.4 is 0 Å². The molecule has 1 rings (SSSR count). The van der Waals surface area contributed by atoms with Gasteiger partial charge in [0.1, 0.15) is 5.60 Å². The Kier molecular flexibility index (Phi) is 3.76. The largest absolute Gasteiger partial charge is 0.444 e. The van der Waals surface area contributed by atoms with Gasteiger partial charge in [0.25, 0.3) is 0 Å². The summed E-state index contributed by atoms with van der Waals surface area (Å²) >= 11 is 0. The van der Waals surface area contributed by atoms with Crippen LogP contribution in [-0.4, -0.2) is 41.9 Å². The van der Waals surface area contributed by atoms with Crippen LogP contribution >= 0.6 is 0 Å². The zero-order chi connectivity index (χ0) is 12.3. The fourth-order valence-corrected chi connectivity index (χ4v) is 1.41. The highest BCUT2D eigenvalue weighted by atomic mass is 16.6. The van der Waals surface area contributed by atoms with Crippen molar-refractivity contribution in [1.82, 2.24) is 4.90 Å². The van der Waals surface area contributed by atoms with Gasteiger partial charge < -0.3 is 9.47 Å². The summed E-state index contributed by atoms with van der Waals surface area (Å²) in [7, 11) is 0. The summed E-state index contributed by atoms with van der Waals surface area (Å²) in [5, 5.41) is 8.76. The van der Waals surface area contributed by atoms with Crippen LogP contribution in [0.3, 0.4) is 0 Å². The minimum absolute atomic E-state index is 0.0561. The van der Waals surface area contributed by atoms with Gasteiger partial charge in [-0.1, -0.05) is 0 Å². The monoisotopic (exact) mass is 226 g/mol. The number of ether oxygens (including phenoxy) is 2. The number of hydrogen-bond donors (Lipinski definition) is 0. The molecule has 1 aliphatic rings. The topological polar surface area (TPSA) is 62.6 Å². The summed E-state index contributed by atoms with van der Waals surface area (Å²) in [6.07, 6.45) is -0.938. The highest BCUT2D eigenvalue weighted by Gasteiger charge is 2.32. The highest BCUT2D eigenvalue weighted by molar-refractivity contribution is 5.68. The van der Waals surface area contributed by atoms with Crippen molar-refractivity contribution in [3.05, 3.63) is 0 Å². The van der Waals surface area contributed by atoms with E-state index in [1.54, 1.807) is 4.90 Å². The molecular formula is C11H18N2O3. The van der Waals surface area contributed by atoms with Crippen molar-refractivity contribution in [2.75, 3.05) is 13.2 Å². The molecule has 0 bridgehead atoms. The van der Waals surface area contributed by atoms with Crippen LogP contribution in [0.15, 0.2) is 0 Å². The highest BCUT2D eigenvalue weighted by Crippen LogP contribution is 2.16. The average Bonchev–Trinajstić information content (AvgIpc) is 2.15. The van der Waals surface area contributed by atoms with E-state index in [0.29, 0.717) is 6.61 Å². The molecule has 1 amide bonds. The van der Waals surface area contributed by atoms with E-state index in [1.807, 2.05) is 33.8 Å². The first-order chi connectivity index (χ1) is 7.33. The lowest BCUT2D eigenvalue weighted by Crippen LogP contribution is -2.52. The lowest BCUT2D eigenvalue weighted by Gasteiger charge is -2.36. The van der Waals surface area contributed by atoms with Gasteiger partial charge in [-0.3, -0.25) is 4.90 Å². The van der Waals surface area contributed by atoms with Gasteiger partial charge in [0.15, 0.2) is 6.10 Å². The number of hydrogen-bond acceptors (Lipinski definition) is 4. The Morgan fingerprint density at radius 1 is 1.56 bits per heavy atom. The summed E-state index contributed by atoms with van der Waals surface area (Å²) in [6, 6.07) is 1.94. The quantitative estimate of drug-likeness (QED) is 0.628. The van der Waals surface area contributed by atoms with Gasteiger partial charge in [0.2, 0.25) is 0 Å². The maximum Gasteiger partial charge on any atom is 0.410 e. The van der Waals surface area contributed by atoms with Crippen LogP contribution in [0.1, 0.15) is 27.7 Å². The van der Waals surface area contributed by atoms with Crippen molar-refractivity contribution in [3.63, 3.8) is 0 Å². The summed E-state index contributed by atoms with van der Waals surface area (Å²) < 4.78 is 10.5. The molecule has 2 atom stereocenters. The fourth-order valence-electron chi connectivity index (χ4n) is 1.41. The molecule has 0 aromatic rings. The standard InChI is InChI=1S/C11H18N2O3/c1-8-7-15-9(5-12)6-13(8)10(14)16-11(2,3)4/h8-9H,6-7H2,1-4H3/t8-,9+/m1/s1. The van der Waals surface area contributed by atoms with E-state index in [0.717, 1.165) is 0 Å². The molecule has 1 aliphatic heterocycles. The van der Waals surface area contributed by atoms with Crippen LogP contribution in [0.25, 0.3) is 0 Å². The molecule has 5 heteroatoms. The van der Waals surface area contributed by atoms with Gasteiger partial charge in [-0.2, -0.15) is 5.26 Å². The van der Waals surface area contributed by atoms with E-state index < -0.39 is 11.7 Å². The van der Waals surface area contributed by atoms with E-state index in [1.165, 1.54) is 0 Å². The van der Waals surface area contributed by atoms with Crippen LogP contribution in [0.2, 0.25) is 0 Å². The van der Waals surface area contributed by atoms with Crippen LogP contribution in [0.4, 0.5) is 4.79 Å². The fraction of sp³-hybridized carbons (Fsp3) is 0.818. The summed E-state index contributed by atoms with van der Waals surface area (Å²) in [6.45, 7) is 7.97. The van der Waals surface area contributed by atoms with Crippen molar-refractivity contribution in [3.8, 4) is 6.07 Å². The van der Waals surface area contributed by atoms with Gasteiger partial charge in [-0.15, -0.1) is 0 Å². The second-order valence-electron chi connectivity index (χ2n) is 4.93. The lowest BCUT2D eigenvalue weighted by molar-refractivity contribution is -0.0473. The number of amides is 1. The zero-order valence-corrected chi connectivity index (χ0v) is 10.2. The molecule has 0 aliphatic carbocycles. The molecule has 0 aromatic heterocycles. The Bertz CT molecular complexity index is 303. The van der Waals surface area contributed by atoms with E-state index in [-0.39, 0.29) is 18.7 Å². The molecule has 0 unspecified atom stereocenters. The SMILES string of the molecule is C[C@@H]1CO[C@@H](C#N)CN1C(=O)OC(C)(C)C. The first-order valence-corrected chi connectivity index (χ1v) is 5.34. The molecule has 1 fully saturated rings. The van der Waals surface area contributed by atoms with Gasteiger partial charge in [0, 0.05) is 0 Å². The third-order valence-electron chi connectivity index (χ3n) is 2.21. The third kappa shape index (κ3) is 3.38. The van der Waals surface area contributed by atoms with Crippen LogP contribution in [-0.2, 0) is 9.47 Å². The first-order valence-electron chi connectivity index (χ1n) is 5.34. The molecule has 0 spiro atoms. The predicted molar refractivity (Wildman–Crippen MR) is 57.8 cm³/mol. The van der Waals surface area contributed by atoms with Crippen molar-refractivity contribution in [1.29, 1.82) is 5.26 Å². The molecule has 0 radical (unpaired) electrons. The lowest BCUT2D eigenvalue weighted by atomic mass is 10.2. The minimum atomic E-state index is -0.552. The molecular weight excluding hydrogens is 208 g/mol. The molecule has 0 saturated carbocycles. The second kappa shape index (κ2) is 4.71. The van der Waals surface area contributed by atoms with Gasteiger partial charge in [-0.25, -0.2) is 4.79 Å². The Hall–Kier alpha value is -1.28. The molecule has 16 heavy (non-hydrogen) atoms. The number of carbonyl (C=O) groups excluding carboxylic acids is 1. The molecule has 90 valence electrons. The number of rotatable bonds is 0. The predicted octanol–water partition coefficient (Wildman–Crippen LogP) is 1.53. The normalized spacial score (nSPS) is 26.1. The third-order valence-corrected chi connectivity index (χ3v) is 2.21. The Morgan fingerprint density at radius 2 is 2.19 bits per heavy atom. The molecule has 1 heterocycles. The van der Waals surface area contributed by atoms with Crippen molar-refractivity contribution < 1.29 is 14.3 Å². The van der Waals surface area contributed by atoms with Crippen LogP contribution in [0.5, 0.6) is 0 Å². The summed E-state index contributed by atoms with van der Waals surface area (Å²) in [4.78, 5) is 13.4. The van der Waals surface area contributed by atoms with Crippen molar-refractivity contribution in [2.45, 2.75) is 45.4 Å². The van der Waals surface area contributed by atoms with Gasteiger partial charge in [-0.05, 0) is 27.7 Å². The molecule has 0 N–H and O–H groups in total. The number of nitriles is 1. The van der Waals surface area contributed by atoms with Crippen molar-refractivity contribution >= 4 is 6.09 Å². The van der Waals surface area contributed by atoms with E-state index in [4.69, 9.17) is 14.7 Å². The number of nitrogens with zero attached hydrogens (tertiary/aromatic N) is 2. The van der Waals surface area contributed by atoms with Gasteiger partial charge in [0.05, 0.1) is 25.3 Å². The Labute approximate surface area is 95.9 Å². The van der Waals surface area contributed by atoms with E-state index in [2.05, 4.69) is 0 Å². The average molecular weight is 226 g/mol. The maximum atomic E-state index is 11.8. The zero-order valence-electron chi connectivity index (χ0n) is 10.2. The molecule has 0 aromatic carbocycles. The van der Waals surface area contributed by atoms with Crippen LogP contribution in [0, 0.1) is 11.3 Å².